The Morgan fingerprint density at radius 1 is 0.857 bits per heavy atom. The van der Waals surface area contributed by atoms with Gasteiger partial charge in [0.1, 0.15) is 11.0 Å². The van der Waals surface area contributed by atoms with Gasteiger partial charge in [-0.3, -0.25) is 4.79 Å². The lowest BCUT2D eigenvalue weighted by atomic mass is 10.1. The van der Waals surface area contributed by atoms with E-state index in [1.807, 2.05) is 30.3 Å². The molecule has 1 aliphatic heterocycles. The van der Waals surface area contributed by atoms with Crippen molar-refractivity contribution in [3.8, 4) is 0 Å². The average Bonchev–Trinajstić information content (AvgIpc) is 2.99. The van der Waals surface area contributed by atoms with Crippen LogP contribution in [0.25, 0.3) is 0 Å². The molecule has 0 spiro atoms. The third kappa shape index (κ3) is 7.67. The second-order valence-corrected chi connectivity index (χ2v) is 11.4. The smallest absolute Gasteiger partial charge is 0.367 e. The molecule has 0 saturated carbocycles. The predicted molar refractivity (Wildman–Crippen MR) is 162 cm³/mol. The summed E-state index contributed by atoms with van der Waals surface area (Å²) in [4.78, 5) is 26.2. The van der Waals surface area contributed by atoms with Gasteiger partial charge in [-0.15, -0.1) is 0 Å². The average molecular weight is 633 g/mol. The Balaban J connectivity index is 1.18. The molecule has 4 aromatic rings. The number of piperazine rings is 1. The van der Waals surface area contributed by atoms with Crippen molar-refractivity contribution in [2.75, 3.05) is 36.0 Å². The van der Waals surface area contributed by atoms with E-state index in [4.69, 9.17) is 28.2 Å². The summed E-state index contributed by atoms with van der Waals surface area (Å²) in [6, 6.07) is 21.5. The molecule has 0 radical (unpaired) electrons. The minimum atomic E-state index is -4.44. The van der Waals surface area contributed by atoms with Crippen molar-refractivity contribution in [1.82, 2.24) is 15.3 Å². The fourth-order valence-electron chi connectivity index (χ4n) is 4.59. The van der Waals surface area contributed by atoms with E-state index >= 15 is 0 Å². The van der Waals surface area contributed by atoms with Crippen LogP contribution in [0.1, 0.15) is 27.0 Å². The minimum Gasteiger partial charge on any atom is -0.367 e. The molecule has 0 unspecified atom stereocenters. The van der Waals surface area contributed by atoms with E-state index in [0.717, 1.165) is 60.4 Å². The number of nitrogens with one attached hydrogen (secondary N) is 1. The van der Waals surface area contributed by atoms with Gasteiger partial charge in [-0.05, 0) is 47.5 Å². The number of carbonyl (C=O) groups excluding carboxylic acids is 1. The molecule has 1 amide bonds. The molecule has 6 nitrogen and oxygen atoms in total. The van der Waals surface area contributed by atoms with Crippen molar-refractivity contribution >= 4 is 52.4 Å². The highest BCUT2D eigenvalue weighted by Crippen LogP contribution is 2.30. The van der Waals surface area contributed by atoms with Crippen molar-refractivity contribution in [2.45, 2.75) is 23.6 Å². The van der Waals surface area contributed by atoms with Gasteiger partial charge >= 0.3 is 6.18 Å². The highest BCUT2D eigenvalue weighted by molar-refractivity contribution is 7.98. The summed E-state index contributed by atoms with van der Waals surface area (Å²) in [7, 11) is 0. The first kappa shape index (κ1) is 30.0. The van der Waals surface area contributed by atoms with Gasteiger partial charge in [-0.25, -0.2) is 9.97 Å². The van der Waals surface area contributed by atoms with Crippen LogP contribution in [0.15, 0.2) is 84.0 Å². The standard InChI is InChI=1S/C30H26Cl2F3N5OS/c31-24-9-1-2-10-25(24)39-11-13-40(14-12-39)27-17-26(32)37-29(38-27)42-19-21-6-3-7-22(15-21)28(41)36-18-20-5-4-8-23(16-20)30(33,34)35/h1-10,15-17H,11-14,18-19H2,(H,36,41). The lowest BCUT2D eigenvalue weighted by Gasteiger charge is -2.37. The molecule has 42 heavy (non-hydrogen) atoms. The Bertz CT molecular complexity index is 1560. The molecule has 1 N–H and O–H groups in total. The lowest BCUT2D eigenvalue weighted by Crippen LogP contribution is -2.47. The largest absolute Gasteiger partial charge is 0.416 e. The fraction of sp³-hybridized carbons (Fsp3) is 0.233. The number of alkyl halides is 3. The topological polar surface area (TPSA) is 61.4 Å². The summed E-state index contributed by atoms with van der Waals surface area (Å²) in [5, 5.41) is 4.28. The van der Waals surface area contributed by atoms with E-state index < -0.39 is 11.7 Å². The maximum atomic E-state index is 13.0. The van der Waals surface area contributed by atoms with Crippen LogP contribution in [0.5, 0.6) is 0 Å². The van der Waals surface area contributed by atoms with Gasteiger partial charge in [0, 0.05) is 50.1 Å². The maximum Gasteiger partial charge on any atom is 0.416 e. The molecular formula is C30H26Cl2F3N5OS. The fourth-order valence-corrected chi connectivity index (χ4v) is 5.87. The van der Waals surface area contributed by atoms with E-state index in [0.29, 0.717) is 27.2 Å². The number of hydrogen-bond donors (Lipinski definition) is 1. The van der Waals surface area contributed by atoms with E-state index in [2.05, 4.69) is 20.1 Å². The molecule has 12 heteroatoms. The predicted octanol–water partition coefficient (Wildman–Crippen LogP) is 7.35. The van der Waals surface area contributed by atoms with Gasteiger partial charge in [0.15, 0.2) is 5.16 Å². The SMILES string of the molecule is O=C(NCc1cccc(C(F)(F)F)c1)c1cccc(CSc2nc(Cl)cc(N3CCN(c4ccccc4Cl)CC3)n2)c1. The first-order chi connectivity index (χ1) is 20.2. The molecule has 5 rings (SSSR count). The van der Waals surface area contributed by atoms with Crippen molar-refractivity contribution in [2.24, 2.45) is 0 Å². The monoisotopic (exact) mass is 631 g/mol. The third-order valence-electron chi connectivity index (χ3n) is 6.72. The van der Waals surface area contributed by atoms with Crippen LogP contribution in [0.2, 0.25) is 10.2 Å². The van der Waals surface area contributed by atoms with Crippen LogP contribution in [0, 0.1) is 0 Å². The molecule has 1 fully saturated rings. The number of para-hydroxylation sites is 1. The number of nitrogens with zero attached hydrogens (tertiary/aromatic N) is 4. The Hall–Kier alpha value is -3.47. The number of rotatable bonds is 8. The zero-order valence-electron chi connectivity index (χ0n) is 22.2. The third-order valence-corrected chi connectivity index (χ3v) is 8.15. The van der Waals surface area contributed by atoms with Crippen LogP contribution in [-0.2, 0) is 18.5 Å². The van der Waals surface area contributed by atoms with Crippen molar-refractivity contribution < 1.29 is 18.0 Å². The lowest BCUT2D eigenvalue weighted by molar-refractivity contribution is -0.137. The van der Waals surface area contributed by atoms with Crippen LogP contribution >= 0.6 is 35.0 Å². The Kier molecular flexibility index (Phi) is 9.45. The first-order valence-electron chi connectivity index (χ1n) is 13.1. The van der Waals surface area contributed by atoms with Crippen molar-refractivity contribution in [3.05, 3.63) is 111 Å². The zero-order chi connectivity index (χ0) is 29.7. The zero-order valence-corrected chi connectivity index (χ0v) is 24.6. The number of carbonyl (C=O) groups is 1. The number of aromatic nitrogens is 2. The highest BCUT2D eigenvalue weighted by Gasteiger charge is 2.30. The normalized spacial score (nSPS) is 13.7. The Labute approximate surface area is 255 Å². The van der Waals surface area contributed by atoms with Crippen molar-refractivity contribution in [1.29, 1.82) is 0 Å². The summed E-state index contributed by atoms with van der Waals surface area (Å²) in [6.45, 7) is 3.06. The van der Waals surface area contributed by atoms with Crippen LogP contribution in [0.4, 0.5) is 24.7 Å². The molecule has 0 aliphatic carbocycles. The van der Waals surface area contributed by atoms with E-state index in [1.54, 1.807) is 30.3 Å². The number of thioether (sulfide) groups is 1. The van der Waals surface area contributed by atoms with E-state index in [-0.39, 0.29) is 12.5 Å². The number of hydrogen-bond acceptors (Lipinski definition) is 6. The molecule has 1 saturated heterocycles. The number of halogens is 5. The molecule has 0 bridgehead atoms. The summed E-state index contributed by atoms with van der Waals surface area (Å²) in [6.07, 6.45) is -4.44. The van der Waals surface area contributed by atoms with Gasteiger partial charge in [0.05, 0.1) is 16.3 Å². The van der Waals surface area contributed by atoms with Crippen molar-refractivity contribution in [3.63, 3.8) is 0 Å². The Morgan fingerprint density at radius 2 is 1.57 bits per heavy atom. The van der Waals surface area contributed by atoms with E-state index in [9.17, 15) is 18.0 Å². The minimum absolute atomic E-state index is 0.0203. The molecule has 3 aromatic carbocycles. The van der Waals surface area contributed by atoms with Gasteiger partial charge < -0.3 is 15.1 Å². The van der Waals surface area contributed by atoms with Gasteiger partial charge in [-0.1, -0.05) is 71.4 Å². The summed E-state index contributed by atoms with van der Waals surface area (Å²) in [5.41, 5.74) is 1.90. The van der Waals surface area contributed by atoms with E-state index in [1.165, 1.54) is 17.8 Å². The summed E-state index contributed by atoms with van der Waals surface area (Å²) < 4.78 is 38.9. The van der Waals surface area contributed by atoms with Crippen LogP contribution in [0.3, 0.4) is 0 Å². The molecule has 2 heterocycles. The summed E-state index contributed by atoms with van der Waals surface area (Å²) in [5.74, 6) is 0.866. The molecular weight excluding hydrogens is 606 g/mol. The van der Waals surface area contributed by atoms with Gasteiger partial charge in [-0.2, -0.15) is 13.2 Å². The maximum absolute atomic E-state index is 13.0. The Morgan fingerprint density at radius 3 is 2.33 bits per heavy atom. The quantitative estimate of drug-likeness (QED) is 0.125. The number of anilines is 2. The van der Waals surface area contributed by atoms with Gasteiger partial charge in [0.2, 0.25) is 0 Å². The number of benzene rings is 3. The second kappa shape index (κ2) is 13.2. The summed E-state index contributed by atoms with van der Waals surface area (Å²) >= 11 is 14.1. The molecule has 1 aliphatic rings. The molecule has 218 valence electrons. The van der Waals surface area contributed by atoms with Crippen LogP contribution in [-0.4, -0.2) is 42.1 Å². The first-order valence-corrected chi connectivity index (χ1v) is 14.8. The number of amides is 1. The molecule has 1 aromatic heterocycles. The highest BCUT2D eigenvalue weighted by atomic mass is 35.5. The molecule has 0 atom stereocenters. The van der Waals surface area contributed by atoms with Crippen LogP contribution < -0.4 is 15.1 Å². The van der Waals surface area contributed by atoms with Gasteiger partial charge in [0.25, 0.3) is 5.91 Å². The second-order valence-electron chi connectivity index (χ2n) is 9.63.